The number of carbonyl (C=O) groups is 1. The van der Waals surface area contributed by atoms with E-state index in [4.69, 9.17) is 4.74 Å². The molecule has 16 heteroatoms. The quantitative estimate of drug-likeness (QED) is 0.0798. The Labute approximate surface area is 284 Å². The van der Waals surface area contributed by atoms with Gasteiger partial charge in [0.05, 0.1) is 18.1 Å². The smallest absolute Gasteiger partial charge is 0.430 e. The lowest BCUT2D eigenvalue weighted by Crippen LogP contribution is -2.56. The van der Waals surface area contributed by atoms with Crippen LogP contribution in [0.5, 0.6) is 0 Å². The van der Waals surface area contributed by atoms with Crippen LogP contribution in [0.25, 0.3) is 0 Å². The van der Waals surface area contributed by atoms with Gasteiger partial charge in [0.25, 0.3) is 5.60 Å². The number of hydrogen-bond acceptors (Lipinski definition) is 5. The van der Waals surface area contributed by atoms with E-state index in [1.165, 1.54) is 0 Å². The molecule has 0 aromatic heterocycles. The van der Waals surface area contributed by atoms with Gasteiger partial charge in [-0.05, 0) is 73.2 Å². The molecule has 0 saturated heterocycles. The summed E-state index contributed by atoms with van der Waals surface area (Å²) in [6, 6.07) is 9.02. The first kappa shape index (κ1) is 39.4. The van der Waals surface area contributed by atoms with Gasteiger partial charge in [-0.15, -0.1) is 0 Å². The monoisotopic (exact) mass is 754 g/mol. The van der Waals surface area contributed by atoms with Crippen molar-refractivity contribution in [2.75, 3.05) is 6.61 Å². The molecule has 274 valence electrons. The van der Waals surface area contributed by atoms with Crippen LogP contribution in [0.15, 0.2) is 71.6 Å². The summed E-state index contributed by atoms with van der Waals surface area (Å²) in [6.07, 6.45) is -12.9. The van der Waals surface area contributed by atoms with E-state index in [-0.39, 0.29) is 42.7 Å². The first-order valence-electron chi connectivity index (χ1n) is 15.5. The number of ether oxygens (including phenoxy) is 2. The van der Waals surface area contributed by atoms with Crippen LogP contribution >= 0.6 is 0 Å². The number of rotatable bonds is 12. The van der Waals surface area contributed by atoms with Crippen molar-refractivity contribution in [1.82, 2.24) is 0 Å². The van der Waals surface area contributed by atoms with Gasteiger partial charge >= 0.3 is 18.3 Å². The number of esters is 1. The maximum atomic E-state index is 14.5. The highest BCUT2D eigenvalue weighted by molar-refractivity contribution is 7.92. The third kappa shape index (κ3) is 7.91. The van der Waals surface area contributed by atoms with E-state index in [0.717, 1.165) is 42.5 Å². The second-order valence-corrected chi connectivity index (χ2v) is 21.4. The molecule has 0 radical (unpaired) electrons. The van der Waals surface area contributed by atoms with Crippen molar-refractivity contribution in [3.63, 3.8) is 0 Å². The lowest BCUT2D eigenvalue weighted by molar-refractivity contribution is -0.392. The van der Waals surface area contributed by atoms with Crippen molar-refractivity contribution in [2.45, 2.75) is 85.6 Å². The van der Waals surface area contributed by atoms with Gasteiger partial charge in [-0.2, -0.15) is 26.3 Å². The van der Waals surface area contributed by atoms with Gasteiger partial charge in [0, 0.05) is 25.6 Å². The molecule has 0 amide bonds. The Bertz CT molecular complexity index is 1740. The molecule has 1 aliphatic rings. The van der Waals surface area contributed by atoms with Crippen LogP contribution in [0.3, 0.4) is 0 Å². The molecule has 3 aromatic rings. The molecular weight excluding hydrogens is 720 g/mol. The van der Waals surface area contributed by atoms with Gasteiger partial charge in [0.1, 0.15) is 22.2 Å². The Morgan fingerprint density at radius 2 is 1.42 bits per heavy atom. The molecule has 1 aliphatic carbocycles. The summed E-state index contributed by atoms with van der Waals surface area (Å²) in [4.78, 5) is 12.3. The third-order valence-electron chi connectivity index (χ3n) is 8.89. The average Bonchev–Trinajstić information content (AvgIpc) is 3.42. The van der Waals surface area contributed by atoms with Gasteiger partial charge < -0.3 is 9.47 Å². The second kappa shape index (κ2) is 14.3. The lowest BCUT2D eigenvalue weighted by Gasteiger charge is -2.38. The fourth-order valence-corrected chi connectivity index (χ4v) is 9.09. The molecule has 0 spiro atoms. The molecule has 2 unspecified atom stereocenters. The minimum absolute atomic E-state index is 0.137. The molecule has 50 heavy (non-hydrogen) atoms. The maximum absolute atomic E-state index is 14.5. The molecule has 0 bridgehead atoms. The number of halogens is 9. The SMILES string of the molecule is C[Si](C)(C)CCOC(=O)CC1CCC(c2ccc(C(OCc3c(F)cccc3F)(C(F)(F)F)C(F)(F)F)cc2)(S(=O)(=O)c2ccc(F)cc2)C1. The van der Waals surface area contributed by atoms with E-state index in [1.807, 2.05) is 0 Å². The first-order chi connectivity index (χ1) is 23.0. The van der Waals surface area contributed by atoms with E-state index in [1.54, 1.807) is 0 Å². The van der Waals surface area contributed by atoms with E-state index in [2.05, 4.69) is 24.4 Å². The van der Waals surface area contributed by atoms with Crippen molar-refractivity contribution in [2.24, 2.45) is 5.92 Å². The van der Waals surface area contributed by atoms with Crippen molar-refractivity contribution in [1.29, 1.82) is 0 Å². The number of alkyl halides is 6. The summed E-state index contributed by atoms with van der Waals surface area (Å²) in [5.41, 5.74) is -7.94. The minimum atomic E-state index is -6.21. The first-order valence-corrected chi connectivity index (χ1v) is 20.7. The summed E-state index contributed by atoms with van der Waals surface area (Å²) < 4.78 is 165. The number of hydrogen-bond donors (Lipinski definition) is 0. The van der Waals surface area contributed by atoms with Gasteiger partial charge in [0.15, 0.2) is 9.84 Å². The van der Waals surface area contributed by atoms with Crippen molar-refractivity contribution < 1.29 is 62.2 Å². The van der Waals surface area contributed by atoms with Crippen LogP contribution in [0, 0.1) is 23.4 Å². The van der Waals surface area contributed by atoms with Gasteiger partial charge in [-0.1, -0.05) is 50.0 Å². The number of sulfone groups is 1. The Balaban J connectivity index is 1.76. The fraction of sp³-hybridized carbons (Fsp3) is 0.441. The molecule has 0 aliphatic heterocycles. The van der Waals surface area contributed by atoms with Crippen LogP contribution in [0.2, 0.25) is 25.7 Å². The lowest BCUT2D eigenvalue weighted by atomic mass is 9.88. The molecular formula is C34H35F9O5SSi. The normalized spacial score (nSPS) is 19.1. The van der Waals surface area contributed by atoms with Crippen LogP contribution in [-0.4, -0.2) is 41.4 Å². The average molecular weight is 755 g/mol. The molecule has 0 N–H and O–H groups in total. The standard InChI is InChI=1S/C34H35F9O5SSi/c1-50(2,3)18-17-47-30(44)19-22-15-16-31(20-22,49(45,46)26-13-11-25(35)12-14-26)23-7-9-24(10-8-23)32(33(38,39)40,34(41,42)43)48-21-27-28(36)5-4-6-29(27)37/h4-14,22H,15-21H2,1-3H3. The zero-order chi connectivity index (χ0) is 37.3. The Morgan fingerprint density at radius 1 is 0.860 bits per heavy atom. The Hall–Kier alpha value is -3.37. The molecule has 2 atom stereocenters. The number of benzene rings is 3. The molecule has 5 nitrogen and oxygen atoms in total. The largest absolute Gasteiger partial charge is 0.466 e. The van der Waals surface area contributed by atoms with Gasteiger partial charge in [-0.3, -0.25) is 4.79 Å². The zero-order valence-electron chi connectivity index (χ0n) is 27.2. The van der Waals surface area contributed by atoms with E-state index in [0.29, 0.717) is 30.3 Å². The van der Waals surface area contributed by atoms with E-state index >= 15 is 0 Å². The summed E-state index contributed by atoms with van der Waals surface area (Å²) in [7, 11) is -6.05. The van der Waals surface area contributed by atoms with E-state index < -0.39 is 87.7 Å². The predicted molar refractivity (Wildman–Crippen MR) is 168 cm³/mol. The van der Waals surface area contributed by atoms with Gasteiger partial charge in [0.2, 0.25) is 0 Å². The summed E-state index contributed by atoms with van der Waals surface area (Å²) in [5, 5.41) is 0. The van der Waals surface area contributed by atoms with Crippen LogP contribution < -0.4 is 0 Å². The molecule has 3 aromatic carbocycles. The highest BCUT2D eigenvalue weighted by atomic mass is 32.2. The summed E-state index contributed by atoms with van der Waals surface area (Å²) in [6.45, 7) is 4.67. The van der Waals surface area contributed by atoms with Crippen molar-refractivity contribution in [3.05, 3.63) is 101 Å². The zero-order valence-corrected chi connectivity index (χ0v) is 29.0. The van der Waals surface area contributed by atoms with Crippen LogP contribution in [0.4, 0.5) is 39.5 Å². The second-order valence-electron chi connectivity index (χ2n) is 13.5. The summed E-state index contributed by atoms with van der Waals surface area (Å²) >= 11 is 0. The minimum Gasteiger partial charge on any atom is -0.466 e. The maximum Gasteiger partial charge on any atom is 0.430 e. The Kier molecular flexibility index (Phi) is 11.3. The van der Waals surface area contributed by atoms with Crippen LogP contribution in [0.1, 0.15) is 42.4 Å². The van der Waals surface area contributed by atoms with Crippen molar-refractivity contribution in [3.8, 4) is 0 Å². The predicted octanol–water partition coefficient (Wildman–Crippen LogP) is 9.38. The summed E-state index contributed by atoms with van der Waals surface area (Å²) in [5.74, 6) is -4.78. The van der Waals surface area contributed by atoms with Crippen LogP contribution in [-0.2, 0) is 41.1 Å². The molecule has 4 rings (SSSR count). The molecule has 1 saturated carbocycles. The Morgan fingerprint density at radius 3 is 1.94 bits per heavy atom. The molecule has 0 heterocycles. The highest BCUT2D eigenvalue weighted by Crippen LogP contribution is 2.55. The molecule has 1 fully saturated rings. The fourth-order valence-electron chi connectivity index (χ4n) is 6.14. The van der Waals surface area contributed by atoms with Gasteiger partial charge in [-0.25, -0.2) is 21.6 Å². The topological polar surface area (TPSA) is 69.7 Å². The number of carbonyl (C=O) groups excluding carboxylic acids is 1. The third-order valence-corrected chi connectivity index (χ3v) is 13.1. The van der Waals surface area contributed by atoms with Crippen molar-refractivity contribution >= 4 is 23.9 Å². The highest BCUT2D eigenvalue weighted by Gasteiger charge is 2.73. The van der Waals surface area contributed by atoms with E-state index in [9.17, 15) is 52.7 Å².